The van der Waals surface area contributed by atoms with E-state index in [2.05, 4.69) is 49.5 Å². The Hall–Kier alpha value is -1.95. The Labute approximate surface area is 130 Å². The maximum absolute atomic E-state index is 4.48. The summed E-state index contributed by atoms with van der Waals surface area (Å²) in [6.45, 7) is 0. The molecule has 6 heteroatoms. The third-order valence-corrected chi connectivity index (χ3v) is 4.39. The zero-order chi connectivity index (χ0) is 14.4. The summed E-state index contributed by atoms with van der Waals surface area (Å²) >= 11 is 3.51. The molecule has 0 amide bonds. The molecular weight excluding hydrogens is 330 g/mol. The van der Waals surface area contributed by atoms with Crippen LogP contribution in [0.4, 0.5) is 0 Å². The number of rotatable bonds is 3. The Balaban J connectivity index is 1.65. The quantitative estimate of drug-likeness (QED) is 0.734. The van der Waals surface area contributed by atoms with E-state index in [4.69, 9.17) is 0 Å². The fourth-order valence-electron chi connectivity index (χ4n) is 2.80. The average Bonchev–Trinajstić information content (AvgIpc) is 2.92. The van der Waals surface area contributed by atoms with Crippen LogP contribution >= 0.6 is 15.9 Å². The van der Waals surface area contributed by atoms with Gasteiger partial charge in [-0.05, 0) is 30.7 Å². The van der Waals surface area contributed by atoms with E-state index < -0.39 is 0 Å². The fourth-order valence-corrected chi connectivity index (χ4v) is 3.19. The highest BCUT2D eigenvalue weighted by Gasteiger charge is 2.43. The van der Waals surface area contributed by atoms with Gasteiger partial charge >= 0.3 is 0 Å². The summed E-state index contributed by atoms with van der Waals surface area (Å²) in [5, 5.41) is 12.7. The second-order valence-electron chi connectivity index (χ2n) is 5.41. The summed E-state index contributed by atoms with van der Waals surface area (Å²) in [7, 11) is 1.90. The van der Waals surface area contributed by atoms with Crippen LogP contribution in [0, 0.1) is 0 Å². The van der Waals surface area contributed by atoms with Gasteiger partial charge in [-0.15, -0.1) is 5.10 Å². The third kappa shape index (κ3) is 2.29. The molecule has 2 aromatic heterocycles. The summed E-state index contributed by atoms with van der Waals surface area (Å²) in [6.07, 6.45) is 4.98. The lowest BCUT2D eigenvalue weighted by Crippen LogP contribution is -2.01. The minimum atomic E-state index is 0.460. The van der Waals surface area contributed by atoms with Crippen molar-refractivity contribution in [3.8, 4) is 5.69 Å². The first-order valence-corrected chi connectivity index (χ1v) is 7.68. The monoisotopic (exact) mass is 343 g/mol. The van der Waals surface area contributed by atoms with Crippen LogP contribution in [0.3, 0.4) is 0 Å². The molecule has 4 rings (SSSR count). The smallest absolute Gasteiger partial charge is 0.0864 e. The topological polar surface area (TPSA) is 48.5 Å². The van der Waals surface area contributed by atoms with Gasteiger partial charge < -0.3 is 0 Å². The number of aryl methyl sites for hydroxylation is 1. The molecule has 1 aromatic carbocycles. The van der Waals surface area contributed by atoms with Crippen LogP contribution in [0.2, 0.25) is 0 Å². The maximum Gasteiger partial charge on any atom is 0.0864 e. The lowest BCUT2D eigenvalue weighted by Gasteiger charge is -2.07. The maximum atomic E-state index is 4.48. The van der Waals surface area contributed by atoms with Crippen LogP contribution in [0.5, 0.6) is 0 Å². The third-order valence-electron chi connectivity index (χ3n) is 3.90. The molecule has 106 valence electrons. The average molecular weight is 344 g/mol. The van der Waals surface area contributed by atoms with Crippen molar-refractivity contribution in [1.29, 1.82) is 0 Å². The summed E-state index contributed by atoms with van der Waals surface area (Å²) in [4.78, 5) is 0. The van der Waals surface area contributed by atoms with Crippen molar-refractivity contribution in [3.63, 3.8) is 0 Å². The molecule has 0 N–H and O–H groups in total. The SMILES string of the molecule is Cn1cc(C2CC2c2ccnn2-c2cccc(Br)c2)nn1. The molecule has 5 nitrogen and oxygen atoms in total. The molecule has 0 radical (unpaired) electrons. The van der Waals surface area contributed by atoms with Gasteiger partial charge in [0.25, 0.3) is 0 Å². The van der Waals surface area contributed by atoms with Crippen molar-refractivity contribution in [2.75, 3.05) is 0 Å². The van der Waals surface area contributed by atoms with E-state index in [-0.39, 0.29) is 0 Å². The van der Waals surface area contributed by atoms with Crippen LogP contribution in [0.15, 0.2) is 47.2 Å². The highest BCUT2D eigenvalue weighted by Crippen LogP contribution is 2.54. The Morgan fingerprint density at radius 2 is 2.14 bits per heavy atom. The number of hydrogen-bond donors (Lipinski definition) is 0. The van der Waals surface area contributed by atoms with Gasteiger partial charge in [-0.1, -0.05) is 27.2 Å². The zero-order valence-corrected chi connectivity index (χ0v) is 13.1. The van der Waals surface area contributed by atoms with Gasteiger partial charge in [0.05, 0.1) is 11.4 Å². The summed E-state index contributed by atoms with van der Waals surface area (Å²) < 4.78 is 4.84. The van der Waals surface area contributed by atoms with Crippen molar-refractivity contribution >= 4 is 15.9 Å². The van der Waals surface area contributed by atoms with E-state index in [1.54, 1.807) is 4.68 Å². The number of nitrogens with zero attached hydrogens (tertiary/aromatic N) is 5. The van der Waals surface area contributed by atoms with E-state index in [1.165, 1.54) is 5.69 Å². The van der Waals surface area contributed by atoms with Crippen LogP contribution in [0.25, 0.3) is 5.69 Å². The Morgan fingerprint density at radius 3 is 2.90 bits per heavy atom. The van der Waals surface area contributed by atoms with Gasteiger partial charge in [-0.3, -0.25) is 4.68 Å². The number of hydrogen-bond acceptors (Lipinski definition) is 3. The van der Waals surface area contributed by atoms with E-state index in [0.29, 0.717) is 11.8 Å². The number of halogens is 1. The van der Waals surface area contributed by atoms with Gasteiger partial charge in [-0.25, -0.2) is 4.68 Å². The highest BCUT2D eigenvalue weighted by atomic mass is 79.9. The lowest BCUT2D eigenvalue weighted by molar-refractivity contribution is 0.712. The summed E-state index contributed by atoms with van der Waals surface area (Å²) in [5.41, 5.74) is 3.39. The molecule has 0 bridgehead atoms. The van der Waals surface area contributed by atoms with Crippen molar-refractivity contribution in [2.45, 2.75) is 18.3 Å². The van der Waals surface area contributed by atoms with E-state index in [0.717, 1.165) is 22.3 Å². The molecule has 1 fully saturated rings. The molecule has 1 aliphatic carbocycles. The number of benzene rings is 1. The first kappa shape index (κ1) is 12.8. The van der Waals surface area contributed by atoms with E-state index in [9.17, 15) is 0 Å². The van der Waals surface area contributed by atoms with Crippen LogP contribution in [-0.4, -0.2) is 24.8 Å². The van der Waals surface area contributed by atoms with Gasteiger partial charge in [0.15, 0.2) is 0 Å². The van der Waals surface area contributed by atoms with Crippen LogP contribution in [0.1, 0.15) is 29.6 Å². The standard InChI is InChI=1S/C15H14BrN5/c1-20-9-14(18-19-20)12-8-13(12)15-5-6-17-21(15)11-4-2-3-10(16)7-11/h2-7,9,12-13H,8H2,1H3. The minimum absolute atomic E-state index is 0.460. The molecule has 21 heavy (non-hydrogen) atoms. The Morgan fingerprint density at radius 1 is 1.24 bits per heavy atom. The van der Waals surface area contributed by atoms with Crippen LogP contribution in [-0.2, 0) is 7.05 Å². The predicted octanol–water partition coefficient (Wildman–Crippen LogP) is 3.03. The lowest BCUT2D eigenvalue weighted by atomic mass is 10.2. The largest absolute Gasteiger partial charge is 0.255 e. The van der Waals surface area contributed by atoms with Gasteiger partial charge in [0, 0.05) is 41.4 Å². The summed E-state index contributed by atoms with van der Waals surface area (Å²) in [5.74, 6) is 0.935. The zero-order valence-electron chi connectivity index (χ0n) is 11.5. The fraction of sp³-hybridized carbons (Fsp3) is 0.267. The minimum Gasteiger partial charge on any atom is -0.255 e. The molecule has 2 heterocycles. The predicted molar refractivity (Wildman–Crippen MR) is 82.4 cm³/mol. The molecule has 2 atom stereocenters. The van der Waals surface area contributed by atoms with Crippen LogP contribution < -0.4 is 0 Å². The molecule has 2 unspecified atom stereocenters. The molecule has 1 saturated carbocycles. The second-order valence-corrected chi connectivity index (χ2v) is 6.33. The molecule has 1 aliphatic rings. The van der Waals surface area contributed by atoms with E-state index in [1.807, 2.05) is 36.3 Å². The normalized spacial score (nSPS) is 20.7. The molecular formula is C15H14BrN5. The van der Waals surface area contributed by atoms with Gasteiger partial charge in [0.2, 0.25) is 0 Å². The molecule has 0 spiro atoms. The first-order valence-electron chi connectivity index (χ1n) is 6.88. The van der Waals surface area contributed by atoms with Crippen molar-refractivity contribution in [3.05, 3.63) is 58.6 Å². The van der Waals surface area contributed by atoms with Gasteiger partial charge in [-0.2, -0.15) is 5.10 Å². The highest BCUT2D eigenvalue weighted by molar-refractivity contribution is 9.10. The molecule has 0 saturated heterocycles. The van der Waals surface area contributed by atoms with Crippen molar-refractivity contribution in [1.82, 2.24) is 24.8 Å². The summed E-state index contributed by atoms with van der Waals surface area (Å²) in [6, 6.07) is 10.3. The molecule has 3 aromatic rings. The Bertz CT molecular complexity index is 791. The van der Waals surface area contributed by atoms with Crippen molar-refractivity contribution < 1.29 is 0 Å². The van der Waals surface area contributed by atoms with Gasteiger partial charge in [0.1, 0.15) is 0 Å². The first-order chi connectivity index (χ1) is 10.2. The van der Waals surface area contributed by atoms with E-state index >= 15 is 0 Å². The van der Waals surface area contributed by atoms with Crippen molar-refractivity contribution in [2.24, 2.45) is 7.05 Å². The Kier molecular flexibility index (Phi) is 2.92. The number of aromatic nitrogens is 5. The molecule has 0 aliphatic heterocycles. The second kappa shape index (κ2) is 4.80.